The van der Waals surface area contributed by atoms with Crippen molar-refractivity contribution in [2.75, 3.05) is 7.11 Å². The van der Waals surface area contributed by atoms with Crippen LogP contribution in [-0.4, -0.2) is 21.9 Å². The summed E-state index contributed by atoms with van der Waals surface area (Å²) in [6, 6.07) is 5.87. The van der Waals surface area contributed by atoms with E-state index in [0.29, 0.717) is 5.88 Å². The average molecular weight is 217 g/mol. The molecule has 0 aliphatic rings. The number of pyridine rings is 1. The van der Waals surface area contributed by atoms with Crippen LogP contribution >= 0.6 is 0 Å². The van der Waals surface area contributed by atoms with E-state index in [1.54, 1.807) is 13.3 Å². The number of ether oxygens (including phenoxy) is 1. The minimum Gasteiger partial charge on any atom is -0.481 e. The van der Waals surface area contributed by atoms with Crippen molar-refractivity contribution >= 4 is 0 Å². The van der Waals surface area contributed by atoms with Crippen LogP contribution in [0.2, 0.25) is 0 Å². The lowest BCUT2D eigenvalue weighted by Gasteiger charge is -1.99. The van der Waals surface area contributed by atoms with E-state index in [1.165, 1.54) is 0 Å². The molecule has 0 unspecified atom stereocenters. The molecule has 0 atom stereocenters. The van der Waals surface area contributed by atoms with E-state index >= 15 is 0 Å². The summed E-state index contributed by atoms with van der Waals surface area (Å²) in [5.74, 6) is 0.621. The second kappa shape index (κ2) is 4.35. The van der Waals surface area contributed by atoms with Crippen molar-refractivity contribution in [3.05, 3.63) is 30.1 Å². The first-order valence-corrected chi connectivity index (χ1v) is 5.29. The van der Waals surface area contributed by atoms with Gasteiger partial charge in [0.05, 0.1) is 12.8 Å². The third-order valence-corrected chi connectivity index (χ3v) is 2.52. The summed E-state index contributed by atoms with van der Waals surface area (Å²) in [7, 11) is 1.61. The fraction of sp³-hybridized carbons (Fsp3) is 0.333. The second-order valence-electron chi connectivity index (χ2n) is 3.58. The zero-order valence-electron chi connectivity index (χ0n) is 9.77. The van der Waals surface area contributed by atoms with E-state index in [1.807, 2.05) is 16.8 Å². The van der Waals surface area contributed by atoms with Crippen LogP contribution in [0.15, 0.2) is 24.4 Å². The van der Waals surface area contributed by atoms with Crippen molar-refractivity contribution < 1.29 is 4.74 Å². The molecule has 0 spiro atoms. The van der Waals surface area contributed by atoms with Crippen LogP contribution in [0.1, 0.15) is 12.6 Å². The van der Waals surface area contributed by atoms with Crippen LogP contribution in [0.5, 0.6) is 5.88 Å². The molecule has 2 aromatic heterocycles. The molecule has 2 aromatic rings. The molecule has 16 heavy (non-hydrogen) atoms. The summed E-state index contributed by atoms with van der Waals surface area (Å²) < 4.78 is 6.99. The normalized spacial score (nSPS) is 10.4. The molecule has 84 valence electrons. The summed E-state index contributed by atoms with van der Waals surface area (Å²) in [6.07, 6.45) is 1.78. The van der Waals surface area contributed by atoms with Crippen LogP contribution in [-0.2, 0) is 6.54 Å². The third-order valence-electron chi connectivity index (χ3n) is 2.52. The van der Waals surface area contributed by atoms with Gasteiger partial charge < -0.3 is 4.74 Å². The quantitative estimate of drug-likeness (QED) is 0.791. The topological polar surface area (TPSA) is 39.9 Å². The van der Waals surface area contributed by atoms with Crippen molar-refractivity contribution in [3.8, 4) is 17.1 Å². The maximum Gasteiger partial charge on any atom is 0.212 e. The van der Waals surface area contributed by atoms with Gasteiger partial charge in [0, 0.05) is 30.1 Å². The summed E-state index contributed by atoms with van der Waals surface area (Å²) in [4.78, 5) is 4.17. The molecule has 0 N–H and O–H groups in total. The largest absolute Gasteiger partial charge is 0.481 e. The van der Waals surface area contributed by atoms with Crippen LogP contribution in [0, 0.1) is 6.92 Å². The van der Waals surface area contributed by atoms with Gasteiger partial charge in [-0.2, -0.15) is 5.10 Å². The van der Waals surface area contributed by atoms with Gasteiger partial charge in [0.2, 0.25) is 5.88 Å². The van der Waals surface area contributed by atoms with Gasteiger partial charge in [-0.1, -0.05) is 0 Å². The lowest BCUT2D eigenvalue weighted by molar-refractivity contribution is 0.398. The van der Waals surface area contributed by atoms with Gasteiger partial charge in [-0.3, -0.25) is 4.68 Å². The standard InChI is InChI=1S/C12H15N3O/c1-4-15-9(2)7-11(14-15)10-5-6-12(16-3)13-8-10/h5-8H,4H2,1-3H3. The Hall–Kier alpha value is -1.84. The molecule has 0 aliphatic heterocycles. The smallest absolute Gasteiger partial charge is 0.212 e. The number of rotatable bonds is 3. The van der Waals surface area contributed by atoms with Gasteiger partial charge in [0.25, 0.3) is 0 Å². The molecule has 0 aromatic carbocycles. The second-order valence-corrected chi connectivity index (χ2v) is 3.58. The van der Waals surface area contributed by atoms with Crippen molar-refractivity contribution in [1.82, 2.24) is 14.8 Å². The number of aryl methyl sites for hydroxylation is 2. The molecule has 0 aliphatic carbocycles. The number of aromatic nitrogens is 3. The Morgan fingerprint density at radius 1 is 1.38 bits per heavy atom. The zero-order valence-corrected chi connectivity index (χ0v) is 9.77. The fourth-order valence-corrected chi connectivity index (χ4v) is 1.62. The molecule has 0 fully saturated rings. The average Bonchev–Trinajstić information content (AvgIpc) is 2.71. The van der Waals surface area contributed by atoms with Gasteiger partial charge >= 0.3 is 0 Å². The van der Waals surface area contributed by atoms with Crippen molar-refractivity contribution in [2.24, 2.45) is 0 Å². The lowest BCUT2D eigenvalue weighted by atomic mass is 10.2. The summed E-state index contributed by atoms with van der Waals surface area (Å²) in [5.41, 5.74) is 3.12. The molecule has 0 amide bonds. The monoisotopic (exact) mass is 217 g/mol. The highest BCUT2D eigenvalue weighted by molar-refractivity contribution is 5.58. The van der Waals surface area contributed by atoms with Gasteiger partial charge in [-0.25, -0.2) is 4.98 Å². The Kier molecular flexibility index (Phi) is 2.90. The predicted molar refractivity (Wildman–Crippen MR) is 62.4 cm³/mol. The first-order chi connectivity index (χ1) is 7.74. The molecular formula is C12H15N3O. The number of methoxy groups -OCH3 is 1. The first-order valence-electron chi connectivity index (χ1n) is 5.29. The number of hydrogen-bond acceptors (Lipinski definition) is 3. The predicted octanol–water partition coefficient (Wildman–Crippen LogP) is 2.28. The van der Waals surface area contributed by atoms with E-state index in [-0.39, 0.29) is 0 Å². The number of nitrogens with zero attached hydrogens (tertiary/aromatic N) is 3. The minimum atomic E-state index is 0.621. The highest BCUT2D eigenvalue weighted by Gasteiger charge is 2.05. The summed E-state index contributed by atoms with van der Waals surface area (Å²) in [5, 5.41) is 4.49. The van der Waals surface area contributed by atoms with Gasteiger partial charge in [0.1, 0.15) is 0 Å². The molecule has 4 nitrogen and oxygen atoms in total. The van der Waals surface area contributed by atoms with E-state index in [0.717, 1.165) is 23.5 Å². The first kappa shape index (κ1) is 10.7. The Labute approximate surface area is 94.9 Å². The van der Waals surface area contributed by atoms with E-state index in [4.69, 9.17) is 4.74 Å². The molecule has 0 bridgehead atoms. The molecule has 0 saturated heterocycles. The van der Waals surface area contributed by atoms with Crippen molar-refractivity contribution in [3.63, 3.8) is 0 Å². The Bertz CT molecular complexity index is 474. The van der Waals surface area contributed by atoms with Gasteiger partial charge in [-0.15, -0.1) is 0 Å². The molecule has 0 radical (unpaired) electrons. The van der Waals surface area contributed by atoms with Crippen LogP contribution in [0.4, 0.5) is 0 Å². The Morgan fingerprint density at radius 2 is 2.19 bits per heavy atom. The van der Waals surface area contributed by atoms with Gasteiger partial charge in [0.15, 0.2) is 0 Å². The Balaban J connectivity index is 2.34. The Morgan fingerprint density at radius 3 is 2.69 bits per heavy atom. The van der Waals surface area contributed by atoms with E-state index in [2.05, 4.69) is 30.0 Å². The molecule has 2 heterocycles. The number of hydrogen-bond donors (Lipinski definition) is 0. The maximum absolute atomic E-state index is 5.02. The lowest BCUT2D eigenvalue weighted by Crippen LogP contribution is -1.98. The van der Waals surface area contributed by atoms with Crippen LogP contribution in [0.25, 0.3) is 11.3 Å². The van der Waals surface area contributed by atoms with Crippen LogP contribution in [0.3, 0.4) is 0 Å². The van der Waals surface area contributed by atoms with E-state index in [9.17, 15) is 0 Å². The third kappa shape index (κ3) is 1.91. The molecular weight excluding hydrogens is 202 g/mol. The highest BCUT2D eigenvalue weighted by atomic mass is 16.5. The fourth-order valence-electron chi connectivity index (χ4n) is 1.62. The zero-order chi connectivity index (χ0) is 11.5. The summed E-state index contributed by atoms with van der Waals surface area (Å²) >= 11 is 0. The molecule has 4 heteroatoms. The van der Waals surface area contributed by atoms with Crippen LogP contribution < -0.4 is 4.74 Å². The summed E-state index contributed by atoms with van der Waals surface area (Å²) in [6.45, 7) is 5.02. The maximum atomic E-state index is 5.02. The van der Waals surface area contributed by atoms with Crippen molar-refractivity contribution in [2.45, 2.75) is 20.4 Å². The van der Waals surface area contributed by atoms with E-state index < -0.39 is 0 Å². The molecule has 0 saturated carbocycles. The minimum absolute atomic E-state index is 0.621. The van der Waals surface area contributed by atoms with Gasteiger partial charge in [-0.05, 0) is 26.0 Å². The SMILES string of the molecule is CCn1nc(-c2ccc(OC)nc2)cc1C. The highest BCUT2D eigenvalue weighted by Crippen LogP contribution is 2.19. The molecule has 2 rings (SSSR count). The van der Waals surface area contributed by atoms with Crippen molar-refractivity contribution in [1.29, 1.82) is 0 Å².